The van der Waals surface area contributed by atoms with Crippen LogP contribution in [-0.2, 0) is 9.59 Å². The zero-order valence-corrected chi connectivity index (χ0v) is 10.3. The summed E-state index contributed by atoms with van der Waals surface area (Å²) in [7, 11) is 0. The van der Waals surface area contributed by atoms with E-state index in [1.54, 1.807) is 6.92 Å². The Labute approximate surface area is 108 Å². The second-order valence-electron chi connectivity index (χ2n) is 4.43. The van der Waals surface area contributed by atoms with Gasteiger partial charge < -0.3 is 10.0 Å². The van der Waals surface area contributed by atoms with Crippen LogP contribution >= 0.6 is 0 Å². The highest BCUT2D eigenvalue weighted by Gasteiger charge is 2.37. The predicted molar refractivity (Wildman–Crippen MR) is 64.7 cm³/mol. The lowest BCUT2D eigenvalue weighted by atomic mass is 10.1. The normalized spacial score (nSPS) is 13.9. The van der Waals surface area contributed by atoms with Crippen molar-refractivity contribution < 1.29 is 23.9 Å². The number of aryl methyl sites for hydroxylation is 1. The second kappa shape index (κ2) is 4.79. The number of carboxylic acid groups (broad SMARTS) is 1. The molecule has 1 aliphatic heterocycles. The zero-order valence-electron chi connectivity index (χ0n) is 10.3. The van der Waals surface area contributed by atoms with Gasteiger partial charge in [-0.05, 0) is 31.0 Å². The Kier molecular flexibility index (Phi) is 3.33. The largest absolute Gasteiger partial charge is 0.481 e. The number of carbonyl (C=O) groups is 3. The van der Waals surface area contributed by atoms with E-state index in [0.717, 1.165) is 4.90 Å². The molecule has 1 amide bonds. The SMILES string of the molecule is Cc1cc(F)c2c(c1)C(=O)C(=O)N2CCCC(=O)O. The summed E-state index contributed by atoms with van der Waals surface area (Å²) in [4.78, 5) is 35.0. The molecule has 0 aliphatic carbocycles. The Hall–Kier alpha value is -2.24. The number of ketones is 1. The van der Waals surface area contributed by atoms with Crippen molar-refractivity contribution in [3.05, 3.63) is 29.1 Å². The summed E-state index contributed by atoms with van der Waals surface area (Å²) in [5, 5.41) is 8.55. The van der Waals surface area contributed by atoms with Crippen LogP contribution in [-0.4, -0.2) is 29.3 Å². The lowest BCUT2D eigenvalue weighted by molar-refractivity contribution is -0.137. The number of anilines is 1. The lowest BCUT2D eigenvalue weighted by Gasteiger charge is -2.16. The Morgan fingerprint density at radius 1 is 1.37 bits per heavy atom. The van der Waals surface area contributed by atoms with Gasteiger partial charge in [-0.2, -0.15) is 0 Å². The number of benzene rings is 1. The van der Waals surface area contributed by atoms with E-state index in [2.05, 4.69) is 0 Å². The third-order valence-electron chi connectivity index (χ3n) is 2.93. The number of rotatable bonds is 4. The summed E-state index contributed by atoms with van der Waals surface area (Å²) in [5.74, 6) is -3.18. The summed E-state index contributed by atoms with van der Waals surface area (Å²) in [6, 6.07) is 2.71. The van der Waals surface area contributed by atoms with Gasteiger partial charge in [-0.25, -0.2) is 4.39 Å². The van der Waals surface area contributed by atoms with Gasteiger partial charge in [0.2, 0.25) is 0 Å². The van der Waals surface area contributed by atoms with Crippen LogP contribution in [0, 0.1) is 12.7 Å². The first-order valence-corrected chi connectivity index (χ1v) is 5.80. The molecule has 1 aromatic rings. The van der Waals surface area contributed by atoms with Crippen LogP contribution in [0.25, 0.3) is 0 Å². The minimum absolute atomic E-state index is 0.0177. The van der Waals surface area contributed by atoms with Gasteiger partial charge in [0.15, 0.2) is 0 Å². The van der Waals surface area contributed by atoms with Crippen molar-refractivity contribution in [2.45, 2.75) is 19.8 Å². The highest BCUT2D eigenvalue weighted by molar-refractivity contribution is 6.52. The molecule has 2 rings (SSSR count). The maximum atomic E-state index is 13.9. The molecule has 1 aromatic carbocycles. The van der Waals surface area contributed by atoms with Gasteiger partial charge >= 0.3 is 5.97 Å². The average Bonchev–Trinajstić information content (AvgIpc) is 2.54. The molecular weight excluding hydrogens is 253 g/mol. The minimum Gasteiger partial charge on any atom is -0.481 e. The second-order valence-corrected chi connectivity index (χ2v) is 4.43. The zero-order chi connectivity index (χ0) is 14.2. The van der Waals surface area contributed by atoms with E-state index in [4.69, 9.17) is 5.11 Å². The smallest absolute Gasteiger partial charge is 0.303 e. The fraction of sp³-hybridized carbons (Fsp3) is 0.308. The quantitative estimate of drug-likeness (QED) is 0.838. The molecule has 0 spiro atoms. The first kappa shape index (κ1) is 13.2. The van der Waals surface area contributed by atoms with Gasteiger partial charge in [-0.3, -0.25) is 14.4 Å². The summed E-state index contributed by atoms with van der Waals surface area (Å²) in [5.41, 5.74) is 0.577. The lowest BCUT2D eigenvalue weighted by Crippen LogP contribution is -2.31. The van der Waals surface area contributed by atoms with E-state index in [-0.39, 0.29) is 30.6 Å². The topological polar surface area (TPSA) is 74.7 Å². The third kappa shape index (κ3) is 2.33. The van der Waals surface area contributed by atoms with Gasteiger partial charge in [0, 0.05) is 13.0 Å². The average molecular weight is 265 g/mol. The van der Waals surface area contributed by atoms with Crippen LogP contribution in [0.1, 0.15) is 28.8 Å². The van der Waals surface area contributed by atoms with E-state index in [1.165, 1.54) is 12.1 Å². The van der Waals surface area contributed by atoms with Crippen LogP contribution in [0.4, 0.5) is 10.1 Å². The van der Waals surface area contributed by atoms with Crippen LogP contribution in [0.3, 0.4) is 0 Å². The molecular formula is C13H12FNO4. The van der Waals surface area contributed by atoms with Gasteiger partial charge in [0.1, 0.15) is 5.82 Å². The van der Waals surface area contributed by atoms with E-state index in [1.807, 2.05) is 0 Å². The molecule has 19 heavy (non-hydrogen) atoms. The highest BCUT2D eigenvalue weighted by Crippen LogP contribution is 2.32. The number of Topliss-reactive ketones (excluding diaryl/α,β-unsaturated/α-hetero) is 1. The summed E-state index contributed by atoms with van der Waals surface area (Å²) >= 11 is 0. The molecule has 0 fully saturated rings. The van der Waals surface area contributed by atoms with Crippen molar-refractivity contribution in [2.24, 2.45) is 0 Å². The Morgan fingerprint density at radius 2 is 2.05 bits per heavy atom. The molecule has 100 valence electrons. The van der Waals surface area contributed by atoms with Crippen molar-refractivity contribution in [1.82, 2.24) is 0 Å². The van der Waals surface area contributed by atoms with E-state index >= 15 is 0 Å². The molecule has 1 heterocycles. The number of nitrogens with zero attached hydrogens (tertiary/aromatic N) is 1. The molecule has 5 nitrogen and oxygen atoms in total. The molecule has 1 N–H and O–H groups in total. The molecule has 0 bridgehead atoms. The number of carbonyl (C=O) groups excluding carboxylic acids is 2. The van der Waals surface area contributed by atoms with Crippen molar-refractivity contribution in [3.63, 3.8) is 0 Å². The monoisotopic (exact) mass is 265 g/mol. The van der Waals surface area contributed by atoms with Crippen molar-refractivity contribution in [2.75, 3.05) is 11.4 Å². The molecule has 0 saturated carbocycles. The maximum Gasteiger partial charge on any atom is 0.303 e. The van der Waals surface area contributed by atoms with Gasteiger partial charge in [-0.1, -0.05) is 0 Å². The number of halogens is 1. The van der Waals surface area contributed by atoms with Crippen LogP contribution in [0.5, 0.6) is 0 Å². The molecule has 6 heteroatoms. The number of carboxylic acids is 1. The summed E-state index contributed by atoms with van der Waals surface area (Å²) in [6.07, 6.45) is 0.0297. The van der Waals surface area contributed by atoms with Crippen molar-refractivity contribution in [3.8, 4) is 0 Å². The standard InChI is InChI=1S/C13H12FNO4/c1-7-5-8-11(9(14)6-7)15(13(19)12(8)18)4-2-3-10(16)17/h5-6H,2-4H2,1H3,(H,16,17). The summed E-state index contributed by atoms with van der Waals surface area (Å²) < 4.78 is 13.9. The Morgan fingerprint density at radius 3 is 2.68 bits per heavy atom. The van der Waals surface area contributed by atoms with Crippen molar-refractivity contribution >= 4 is 23.3 Å². The fourth-order valence-corrected chi connectivity index (χ4v) is 2.12. The Bertz CT molecular complexity index is 582. The minimum atomic E-state index is -0.998. The molecule has 0 aromatic heterocycles. The van der Waals surface area contributed by atoms with Crippen LogP contribution < -0.4 is 4.90 Å². The molecule has 1 aliphatic rings. The molecule has 0 unspecified atom stereocenters. The van der Waals surface area contributed by atoms with Crippen LogP contribution in [0.15, 0.2) is 12.1 Å². The third-order valence-corrected chi connectivity index (χ3v) is 2.93. The summed E-state index contributed by atoms with van der Waals surface area (Å²) in [6.45, 7) is 1.65. The highest BCUT2D eigenvalue weighted by atomic mass is 19.1. The fourth-order valence-electron chi connectivity index (χ4n) is 2.12. The molecule has 0 saturated heterocycles. The van der Waals surface area contributed by atoms with Gasteiger partial charge in [0.25, 0.3) is 11.7 Å². The number of amides is 1. The maximum absolute atomic E-state index is 13.9. The Balaban J connectivity index is 2.31. The first-order valence-electron chi connectivity index (χ1n) is 5.80. The number of hydrogen-bond donors (Lipinski definition) is 1. The van der Waals surface area contributed by atoms with Crippen LogP contribution in [0.2, 0.25) is 0 Å². The number of fused-ring (bicyclic) bond motifs is 1. The number of aliphatic carboxylic acids is 1. The number of hydrogen-bond acceptors (Lipinski definition) is 3. The van der Waals surface area contributed by atoms with Crippen molar-refractivity contribution in [1.29, 1.82) is 0 Å². The molecule has 0 atom stereocenters. The van der Waals surface area contributed by atoms with Gasteiger partial charge in [0.05, 0.1) is 11.3 Å². The van der Waals surface area contributed by atoms with E-state index in [0.29, 0.717) is 5.56 Å². The first-order chi connectivity index (χ1) is 8.91. The van der Waals surface area contributed by atoms with E-state index in [9.17, 15) is 18.8 Å². The molecule has 0 radical (unpaired) electrons. The van der Waals surface area contributed by atoms with E-state index < -0.39 is 23.5 Å². The van der Waals surface area contributed by atoms with Gasteiger partial charge in [-0.15, -0.1) is 0 Å². The predicted octanol–water partition coefficient (Wildman–Crippen LogP) is 1.53.